The predicted molar refractivity (Wildman–Crippen MR) is 144 cm³/mol. The molecule has 9 nitrogen and oxygen atoms in total. The van der Waals surface area contributed by atoms with Crippen molar-refractivity contribution in [3.8, 4) is 0 Å². The molecule has 0 bridgehead atoms. The number of sulfonamides is 1. The van der Waals surface area contributed by atoms with Crippen LogP contribution < -0.4 is 14.9 Å². The molecule has 4 heterocycles. The zero-order valence-corrected chi connectivity index (χ0v) is 22.0. The molecule has 0 aliphatic carbocycles. The number of hydrogen-bond donors (Lipinski definition) is 2. The SMILES string of the molecule is Cc1ccnc(NS(=O)(=O)c2cccc3c2CCN3C(=O)/C(=C/c2cccs2)NC(=O)c2cccs2)n1. The fourth-order valence-electron chi connectivity index (χ4n) is 3.94. The Kier molecular flexibility index (Phi) is 6.87. The van der Waals surface area contributed by atoms with Crippen molar-refractivity contribution in [3.05, 3.63) is 92.2 Å². The molecule has 0 radical (unpaired) electrons. The highest BCUT2D eigenvalue weighted by Crippen LogP contribution is 2.34. The molecule has 0 unspecified atom stereocenters. The van der Waals surface area contributed by atoms with E-state index in [0.29, 0.717) is 28.2 Å². The maximum Gasteiger partial charge on any atom is 0.274 e. The van der Waals surface area contributed by atoms with Crippen LogP contribution in [0, 0.1) is 6.92 Å². The first-order valence-electron chi connectivity index (χ1n) is 11.2. The molecule has 188 valence electrons. The van der Waals surface area contributed by atoms with Crippen molar-refractivity contribution in [2.24, 2.45) is 0 Å². The summed E-state index contributed by atoms with van der Waals surface area (Å²) < 4.78 is 28.8. The fraction of sp³-hybridized carbons (Fsp3) is 0.120. The number of carbonyl (C=O) groups is 2. The third kappa shape index (κ3) is 5.31. The molecule has 2 N–H and O–H groups in total. The molecule has 1 aliphatic heterocycles. The molecule has 0 atom stereocenters. The molecule has 2 amide bonds. The van der Waals surface area contributed by atoms with Crippen LogP contribution in [0.25, 0.3) is 6.08 Å². The minimum Gasteiger partial charge on any atom is -0.317 e. The van der Waals surface area contributed by atoms with E-state index in [0.717, 1.165) is 4.88 Å². The minimum atomic E-state index is -4.01. The van der Waals surface area contributed by atoms with Crippen LogP contribution in [0.4, 0.5) is 11.6 Å². The number of benzene rings is 1. The first-order chi connectivity index (χ1) is 17.8. The number of aryl methyl sites for hydroxylation is 1. The highest BCUT2D eigenvalue weighted by Gasteiger charge is 2.32. The Morgan fingerprint density at radius 3 is 2.59 bits per heavy atom. The van der Waals surface area contributed by atoms with Crippen LogP contribution in [0.5, 0.6) is 0 Å². The Bertz CT molecular complexity index is 1600. The number of rotatable bonds is 7. The van der Waals surface area contributed by atoms with Gasteiger partial charge in [0.1, 0.15) is 5.70 Å². The number of thiophene rings is 2. The van der Waals surface area contributed by atoms with Gasteiger partial charge in [0.2, 0.25) is 5.95 Å². The molecule has 12 heteroatoms. The van der Waals surface area contributed by atoms with Crippen molar-refractivity contribution in [1.82, 2.24) is 15.3 Å². The van der Waals surface area contributed by atoms with Crippen molar-refractivity contribution in [2.45, 2.75) is 18.2 Å². The summed E-state index contributed by atoms with van der Waals surface area (Å²) in [4.78, 5) is 37.4. The first kappa shape index (κ1) is 24.8. The lowest BCUT2D eigenvalue weighted by atomic mass is 10.2. The van der Waals surface area contributed by atoms with Crippen molar-refractivity contribution < 1.29 is 18.0 Å². The van der Waals surface area contributed by atoms with Gasteiger partial charge in [-0.3, -0.25) is 9.59 Å². The number of fused-ring (bicyclic) bond motifs is 1. The summed E-state index contributed by atoms with van der Waals surface area (Å²) >= 11 is 2.71. The molecular weight excluding hydrogens is 531 g/mol. The molecular formula is C25H21N5O4S3. The Balaban J connectivity index is 1.46. The Morgan fingerprint density at radius 1 is 1.05 bits per heavy atom. The van der Waals surface area contributed by atoms with E-state index in [1.54, 1.807) is 48.7 Å². The summed E-state index contributed by atoms with van der Waals surface area (Å²) in [5, 5.41) is 6.41. The standard InChI is InChI=1S/C25H21N5O4S3/c1-16-9-11-26-25(27-16)29-37(33,34)22-8-2-6-20-18(22)10-12-30(20)24(32)19(15-17-5-3-13-35-17)28-23(31)21-7-4-14-36-21/h2-9,11,13-15H,10,12H2,1H3,(H,28,31)(H,26,27,29)/b19-15-. The van der Waals surface area contributed by atoms with E-state index in [-0.39, 0.29) is 29.0 Å². The van der Waals surface area contributed by atoms with Gasteiger partial charge in [0.05, 0.1) is 9.77 Å². The van der Waals surface area contributed by atoms with Crippen LogP contribution >= 0.6 is 22.7 Å². The lowest BCUT2D eigenvalue weighted by molar-refractivity contribution is -0.115. The van der Waals surface area contributed by atoms with Crippen LogP contribution in [0.3, 0.4) is 0 Å². The lowest BCUT2D eigenvalue weighted by Crippen LogP contribution is -2.37. The van der Waals surface area contributed by atoms with Gasteiger partial charge in [-0.15, -0.1) is 22.7 Å². The van der Waals surface area contributed by atoms with Crippen LogP contribution in [0.2, 0.25) is 0 Å². The molecule has 1 aromatic carbocycles. The highest BCUT2D eigenvalue weighted by atomic mass is 32.2. The molecule has 4 aromatic rings. The van der Waals surface area contributed by atoms with E-state index in [4.69, 9.17) is 0 Å². The van der Waals surface area contributed by atoms with Crippen molar-refractivity contribution in [3.63, 3.8) is 0 Å². The quantitative estimate of drug-likeness (QED) is 0.334. The molecule has 0 fully saturated rings. The van der Waals surface area contributed by atoms with Gasteiger partial charge in [-0.1, -0.05) is 18.2 Å². The number of nitrogens with one attached hydrogen (secondary N) is 2. The van der Waals surface area contributed by atoms with Gasteiger partial charge >= 0.3 is 0 Å². The van der Waals surface area contributed by atoms with Crippen molar-refractivity contribution >= 4 is 62.2 Å². The number of carbonyl (C=O) groups excluding carboxylic acids is 2. The molecule has 37 heavy (non-hydrogen) atoms. The summed E-state index contributed by atoms with van der Waals surface area (Å²) in [6.45, 7) is 2.00. The van der Waals surface area contributed by atoms with E-state index < -0.39 is 15.9 Å². The van der Waals surface area contributed by atoms with E-state index in [9.17, 15) is 18.0 Å². The number of anilines is 2. The zero-order valence-electron chi connectivity index (χ0n) is 19.5. The predicted octanol–water partition coefficient (Wildman–Crippen LogP) is 4.07. The van der Waals surface area contributed by atoms with Crippen LogP contribution in [0.15, 0.2) is 76.1 Å². The highest BCUT2D eigenvalue weighted by molar-refractivity contribution is 7.92. The Morgan fingerprint density at radius 2 is 1.86 bits per heavy atom. The van der Waals surface area contributed by atoms with Gasteiger partial charge in [-0.05, 0) is 66.1 Å². The molecule has 3 aromatic heterocycles. The molecule has 5 rings (SSSR count). The minimum absolute atomic E-state index is 0.0269. The second-order valence-electron chi connectivity index (χ2n) is 8.09. The second-order valence-corrected chi connectivity index (χ2v) is 11.7. The van der Waals surface area contributed by atoms with E-state index in [1.165, 1.54) is 39.8 Å². The van der Waals surface area contributed by atoms with Crippen LogP contribution in [-0.4, -0.2) is 36.7 Å². The smallest absolute Gasteiger partial charge is 0.274 e. The maximum absolute atomic E-state index is 13.7. The number of hydrogen-bond acceptors (Lipinski definition) is 8. The third-order valence-corrected chi connectivity index (χ3v) is 8.69. The largest absolute Gasteiger partial charge is 0.317 e. The second kappa shape index (κ2) is 10.2. The van der Waals surface area contributed by atoms with Gasteiger partial charge in [-0.2, -0.15) is 0 Å². The average Bonchev–Trinajstić information content (AvgIpc) is 3.65. The summed E-state index contributed by atoms with van der Waals surface area (Å²) in [6.07, 6.45) is 3.44. The number of amides is 2. The average molecular weight is 552 g/mol. The fourth-order valence-corrected chi connectivity index (χ4v) is 6.46. The molecule has 1 aliphatic rings. The third-order valence-electron chi connectivity index (χ3n) is 5.59. The van der Waals surface area contributed by atoms with Gasteiger partial charge in [0, 0.05) is 29.0 Å². The monoisotopic (exact) mass is 551 g/mol. The molecule has 0 saturated carbocycles. The van der Waals surface area contributed by atoms with Crippen LogP contribution in [-0.2, 0) is 21.2 Å². The molecule has 0 saturated heterocycles. The first-order valence-corrected chi connectivity index (χ1v) is 14.4. The number of aromatic nitrogens is 2. The zero-order chi connectivity index (χ0) is 26.0. The lowest BCUT2D eigenvalue weighted by Gasteiger charge is -2.20. The Hall–Kier alpha value is -3.87. The van der Waals surface area contributed by atoms with Gasteiger partial charge in [0.25, 0.3) is 21.8 Å². The van der Waals surface area contributed by atoms with Gasteiger partial charge < -0.3 is 10.2 Å². The normalized spacial score (nSPS) is 13.3. The van der Waals surface area contributed by atoms with E-state index in [2.05, 4.69) is 20.0 Å². The van der Waals surface area contributed by atoms with Gasteiger partial charge in [-0.25, -0.2) is 23.1 Å². The Labute approximate surface area is 221 Å². The van der Waals surface area contributed by atoms with Crippen molar-refractivity contribution in [1.29, 1.82) is 0 Å². The number of nitrogens with zero attached hydrogens (tertiary/aromatic N) is 3. The van der Waals surface area contributed by atoms with Crippen molar-refractivity contribution in [2.75, 3.05) is 16.2 Å². The topological polar surface area (TPSA) is 121 Å². The van der Waals surface area contributed by atoms with Gasteiger partial charge in [0.15, 0.2) is 0 Å². The summed E-state index contributed by atoms with van der Waals surface area (Å²) in [7, 11) is -4.01. The van der Waals surface area contributed by atoms with E-state index in [1.807, 2.05) is 17.5 Å². The molecule has 0 spiro atoms. The summed E-state index contributed by atoms with van der Waals surface area (Å²) in [6, 6.07) is 13.6. The summed E-state index contributed by atoms with van der Waals surface area (Å²) in [5.41, 5.74) is 1.71. The summed E-state index contributed by atoms with van der Waals surface area (Å²) in [5.74, 6) is -0.841. The van der Waals surface area contributed by atoms with E-state index >= 15 is 0 Å². The van der Waals surface area contributed by atoms with Crippen LogP contribution in [0.1, 0.15) is 25.8 Å². The maximum atomic E-state index is 13.7.